The van der Waals surface area contributed by atoms with Crippen LogP contribution in [0.2, 0.25) is 0 Å². The molecule has 30 heavy (non-hydrogen) atoms. The Kier molecular flexibility index (Phi) is 5.26. The van der Waals surface area contributed by atoms with Gasteiger partial charge in [-0.1, -0.05) is 45.0 Å². The van der Waals surface area contributed by atoms with Crippen LogP contribution in [-0.4, -0.2) is 25.2 Å². The van der Waals surface area contributed by atoms with Crippen LogP contribution in [0.4, 0.5) is 5.82 Å². The zero-order chi connectivity index (χ0) is 21.3. The molecular weight excluding hydrogens is 398 g/mol. The van der Waals surface area contributed by atoms with Crippen molar-refractivity contribution in [2.75, 3.05) is 5.32 Å². The van der Waals surface area contributed by atoms with Crippen molar-refractivity contribution in [1.82, 2.24) is 19.3 Å². The number of hydrogen-bond donors (Lipinski definition) is 1. The smallest absolute Gasteiger partial charge is 0.262 e. The SMILES string of the molecule is CC(C)(C)c1ccc(Cn2nccc2NC(=O)Cn2cnc3sccc3c2=O)cc1. The highest BCUT2D eigenvalue weighted by atomic mass is 32.1. The lowest BCUT2D eigenvalue weighted by Gasteiger charge is -2.19. The van der Waals surface area contributed by atoms with E-state index in [1.165, 1.54) is 27.8 Å². The molecule has 0 aliphatic heterocycles. The van der Waals surface area contributed by atoms with Gasteiger partial charge in [-0.2, -0.15) is 5.10 Å². The fraction of sp³-hybridized carbons (Fsp3) is 0.273. The van der Waals surface area contributed by atoms with Gasteiger partial charge in [0, 0.05) is 6.07 Å². The van der Waals surface area contributed by atoms with E-state index in [1.807, 2.05) is 5.38 Å². The summed E-state index contributed by atoms with van der Waals surface area (Å²) in [5.41, 5.74) is 2.23. The Labute approximate surface area is 178 Å². The molecule has 0 saturated carbocycles. The molecule has 0 atom stereocenters. The van der Waals surface area contributed by atoms with Crippen LogP contribution in [-0.2, 0) is 23.3 Å². The van der Waals surface area contributed by atoms with Crippen molar-refractivity contribution in [2.45, 2.75) is 39.3 Å². The Morgan fingerprint density at radius 3 is 2.63 bits per heavy atom. The van der Waals surface area contributed by atoms with Gasteiger partial charge in [0.1, 0.15) is 17.2 Å². The maximum Gasteiger partial charge on any atom is 0.262 e. The summed E-state index contributed by atoms with van der Waals surface area (Å²) in [5, 5.41) is 9.50. The van der Waals surface area contributed by atoms with Crippen LogP contribution in [0.15, 0.2) is 59.1 Å². The Bertz CT molecular complexity index is 1250. The largest absolute Gasteiger partial charge is 0.309 e. The van der Waals surface area contributed by atoms with Crippen molar-refractivity contribution < 1.29 is 4.79 Å². The number of carbonyl (C=O) groups is 1. The minimum absolute atomic E-state index is 0.0995. The first-order valence-electron chi connectivity index (χ1n) is 9.65. The van der Waals surface area contributed by atoms with E-state index >= 15 is 0 Å². The van der Waals surface area contributed by atoms with Crippen LogP contribution in [0.5, 0.6) is 0 Å². The fourth-order valence-corrected chi connectivity index (χ4v) is 3.91. The molecule has 3 aromatic heterocycles. The van der Waals surface area contributed by atoms with Crippen molar-refractivity contribution in [2.24, 2.45) is 0 Å². The third kappa shape index (κ3) is 4.18. The number of nitrogens with one attached hydrogen (secondary N) is 1. The van der Waals surface area contributed by atoms with Crippen LogP contribution < -0.4 is 10.9 Å². The second-order valence-electron chi connectivity index (χ2n) is 8.19. The van der Waals surface area contributed by atoms with Crippen LogP contribution >= 0.6 is 11.3 Å². The van der Waals surface area contributed by atoms with E-state index in [1.54, 1.807) is 23.0 Å². The Hall–Kier alpha value is -3.26. The van der Waals surface area contributed by atoms with E-state index in [-0.39, 0.29) is 23.4 Å². The predicted octanol–water partition coefficient (Wildman–Crippen LogP) is 3.64. The number of aromatic nitrogens is 4. The van der Waals surface area contributed by atoms with Gasteiger partial charge >= 0.3 is 0 Å². The first-order valence-corrected chi connectivity index (χ1v) is 10.5. The van der Waals surface area contributed by atoms with Gasteiger partial charge in [0.2, 0.25) is 5.91 Å². The molecule has 0 saturated heterocycles. The van der Waals surface area contributed by atoms with E-state index in [0.29, 0.717) is 22.6 Å². The van der Waals surface area contributed by atoms with Gasteiger partial charge in [-0.15, -0.1) is 11.3 Å². The number of rotatable bonds is 5. The van der Waals surface area contributed by atoms with Gasteiger partial charge < -0.3 is 5.32 Å². The maximum atomic E-state index is 12.5. The summed E-state index contributed by atoms with van der Waals surface area (Å²) < 4.78 is 3.05. The van der Waals surface area contributed by atoms with Crippen molar-refractivity contribution in [1.29, 1.82) is 0 Å². The number of carbonyl (C=O) groups excluding carboxylic acids is 1. The summed E-state index contributed by atoms with van der Waals surface area (Å²) in [6.45, 7) is 6.97. The molecule has 154 valence electrons. The molecular formula is C22H23N5O2S. The standard InChI is InChI=1S/C22H23N5O2S/c1-22(2,3)16-6-4-15(5-7-16)12-27-18(8-10-24-27)25-19(28)13-26-14-23-20-17(21(26)29)9-11-30-20/h4-11,14H,12-13H2,1-3H3,(H,25,28). The lowest BCUT2D eigenvalue weighted by atomic mass is 9.87. The monoisotopic (exact) mass is 421 g/mol. The molecule has 1 N–H and O–H groups in total. The minimum Gasteiger partial charge on any atom is -0.309 e. The van der Waals surface area contributed by atoms with Gasteiger partial charge in [-0.05, 0) is 28.0 Å². The lowest BCUT2D eigenvalue weighted by Crippen LogP contribution is -2.28. The summed E-state index contributed by atoms with van der Waals surface area (Å²) in [6.07, 6.45) is 3.05. The second-order valence-corrected chi connectivity index (χ2v) is 9.08. The third-order valence-electron chi connectivity index (χ3n) is 4.90. The Morgan fingerprint density at radius 1 is 1.13 bits per heavy atom. The molecule has 0 unspecified atom stereocenters. The van der Waals surface area contributed by atoms with Crippen molar-refractivity contribution in [3.63, 3.8) is 0 Å². The molecule has 8 heteroatoms. The van der Waals surface area contributed by atoms with E-state index in [9.17, 15) is 9.59 Å². The van der Waals surface area contributed by atoms with Crippen molar-refractivity contribution in [3.05, 3.63) is 75.8 Å². The van der Waals surface area contributed by atoms with Crippen LogP contribution in [0.3, 0.4) is 0 Å². The van der Waals surface area contributed by atoms with Gasteiger partial charge in [-0.25, -0.2) is 9.67 Å². The van der Waals surface area contributed by atoms with E-state index in [0.717, 1.165) is 5.56 Å². The summed E-state index contributed by atoms with van der Waals surface area (Å²) in [6, 6.07) is 11.9. The quantitative estimate of drug-likeness (QED) is 0.533. The van der Waals surface area contributed by atoms with Gasteiger partial charge in [0.25, 0.3) is 5.56 Å². The summed E-state index contributed by atoms with van der Waals surface area (Å²) >= 11 is 1.40. The molecule has 0 aliphatic rings. The van der Waals surface area contributed by atoms with E-state index in [4.69, 9.17) is 0 Å². The van der Waals surface area contributed by atoms with Crippen molar-refractivity contribution in [3.8, 4) is 0 Å². The topological polar surface area (TPSA) is 81.8 Å². The van der Waals surface area contributed by atoms with Gasteiger partial charge in [0.05, 0.1) is 24.5 Å². The normalized spacial score (nSPS) is 11.7. The first-order chi connectivity index (χ1) is 14.3. The number of amides is 1. The highest BCUT2D eigenvalue weighted by Crippen LogP contribution is 2.22. The second kappa shape index (κ2) is 7.87. The highest BCUT2D eigenvalue weighted by Gasteiger charge is 2.14. The maximum absolute atomic E-state index is 12.5. The molecule has 0 fully saturated rings. The number of fused-ring (bicyclic) bond motifs is 1. The average Bonchev–Trinajstić information content (AvgIpc) is 3.34. The minimum atomic E-state index is -0.307. The number of nitrogens with zero attached hydrogens (tertiary/aromatic N) is 4. The van der Waals surface area contributed by atoms with E-state index in [2.05, 4.69) is 60.4 Å². The fourth-order valence-electron chi connectivity index (χ4n) is 3.19. The molecule has 0 bridgehead atoms. The summed E-state index contributed by atoms with van der Waals surface area (Å²) in [7, 11) is 0. The van der Waals surface area contributed by atoms with Crippen LogP contribution in [0.1, 0.15) is 31.9 Å². The number of thiophene rings is 1. The molecule has 0 aliphatic carbocycles. The molecule has 0 spiro atoms. The Balaban J connectivity index is 1.46. The molecule has 4 aromatic rings. The zero-order valence-corrected chi connectivity index (χ0v) is 17.9. The molecule has 0 radical (unpaired) electrons. The number of anilines is 1. The van der Waals surface area contributed by atoms with Crippen LogP contribution in [0, 0.1) is 0 Å². The molecule has 7 nitrogen and oxygen atoms in total. The average molecular weight is 422 g/mol. The predicted molar refractivity (Wildman–Crippen MR) is 119 cm³/mol. The van der Waals surface area contributed by atoms with Crippen LogP contribution in [0.25, 0.3) is 10.2 Å². The number of hydrogen-bond acceptors (Lipinski definition) is 5. The summed E-state index contributed by atoms with van der Waals surface area (Å²) in [4.78, 5) is 29.9. The molecule has 1 amide bonds. The highest BCUT2D eigenvalue weighted by molar-refractivity contribution is 7.16. The lowest BCUT2D eigenvalue weighted by molar-refractivity contribution is -0.116. The molecule has 3 heterocycles. The molecule has 1 aromatic carbocycles. The van der Waals surface area contributed by atoms with E-state index < -0.39 is 0 Å². The zero-order valence-electron chi connectivity index (χ0n) is 17.1. The Morgan fingerprint density at radius 2 is 1.90 bits per heavy atom. The third-order valence-corrected chi connectivity index (χ3v) is 5.72. The number of benzene rings is 1. The summed E-state index contributed by atoms with van der Waals surface area (Å²) in [5.74, 6) is 0.274. The van der Waals surface area contributed by atoms with Gasteiger partial charge in [-0.3, -0.25) is 14.2 Å². The molecule has 4 rings (SSSR count). The van der Waals surface area contributed by atoms with Crippen molar-refractivity contribution >= 4 is 33.3 Å². The van der Waals surface area contributed by atoms with Gasteiger partial charge in [0.15, 0.2) is 0 Å². The first kappa shape index (κ1) is 20.0.